The van der Waals surface area contributed by atoms with Gasteiger partial charge in [0.2, 0.25) is 0 Å². The maximum atomic E-state index is 13.2. The molecule has 1 heterocycles. The second-order valence-corrected chi connectivity index (χ2v) is 5.50. The van der Waals surface area contributed by atoms with Crippen LogP contribution in [0.2, 0.25) is 0 Å². The molecule has 0 aliphatic rings. The summed E-state index contributed by atoms with van der Waals surface area (Å²) in [4.78, 5) is 4.04. The normalized spacial score (nSPS) is 10.5. The summed E-state index contributed by atoms with van der Waals surface area (Å²) in [6.45, 7) is 0. The third-order valence-corrected chi connectivity index (χ3v) is 4.46. The lowest BCUT2D eigenvalue weighted by atomic mass is 10.2. The van der Waals surface area contributed by atoms with Gasteiger partial charge in [-0.3, -0.25) is 0 Å². The monoisotopic (exact) mass is 304 g/mol. The van der Waals surface area contributed by atoms with E-state index in [9.17, 15) is 4.39 Å². The smallest absolute Gasteiger partial charge is 0.170 e. The summed E-state index contributed by atoms with van der Waals surface area (Å²) in [6.07, 6.45) is 1.52. The standard InChI is InChI=1S/C9H6BrFN2S2/c10-8-6(2-1-3-7(8)11)4-14-9-12-5-13-15-9/h1-3,5H,4H2. The lowest BCUT2D eigenvalue weighted by Crippen LogP contribution is -1.86. The summed E-state index contributed by atoms with van der Waals surface area (Å²) in [5.74, 6) is 0.457. The first-order valence-electron chi connectivity index (χ1n) is 4.10. The van der Waals surface area contributed by atoms with E-state index in [0.29, 0.717) is 10.2 Å². The quantitative estimate of drug-likeness (QED) is 0.808. The molecular formula is C9H6BrFN2S2. The van der Waals surface area contributed by atoms with Gasteiger partial charge in [-0.1, -0.05) is 23.9 Å². The molecule has 0 unspecified atom stereocenters. The molecule has 0 bridgehead atoms. The minimum atomic E-state index is -0.231. The number of halogens is 2. The molecule has 0 N–H and O–H groups in total. The number of benzene rings is 1. The van der Waals surface area contributed by atoms with E-state index in [0.717, 1.165) is 9.90 Å². The average Bonchev–Trinajstić information content (AvgIpc) is 2.73. The van der Waals surface area contributed by atoms with Crippen molar-refractivity contribution in [2.75, 3.05) is 0 Å². The molecule has 0 fully saturated rings. The van der Waals surface area contributed by atoms with Crippen molar-refractivity contribution < 1.29 is 4.39 Å². The molecule has 0 saturated heterocycles. The van der Waals surface area contributed by atoms with E-state index >= 15 is 0 Å². The van der Waals surface area contributed by atoms with Crippen LogP contribution in [-0.2, 0) is 5.75 Å². The molecule has 1 aromatic carbocycles. The number of hydrogen-bond acceptors (Lipinski definition) is 4. The maximum absolute atomic E-state index is 13.2. The topological polar surface area (TPSA) is 25.8 Å². The number of rotatable bonds is 3. The Balaban J connectivity index is 2.08. The molecule has 2 aromatic rings. The molecule has 0 aliphatic heterocycles. The van der Waals surface area contributed by atoms with Gasteiger partial charge in [0, 0.05) is 5.75 Å². The number of thioether (sulfide) groups is 1. The van der Waals surface area contributed by atoms with Crippen molar-refractivity contribution >= 4 is 39.2 Å². The van der Waals surface area contributed by atoms with Gasteiger partial charge in [-0.25, -0.2) is 9.37 Å². The molecule has 2 nitrogen and oxygen atoms in total. The van der Waals surface area contributed by atoms with E-state index in [2.05, 4.69) is 25.3 Å². The molecule has 0 spiro atoms. The second kappa shape index (κ2) is 5.05. The maximum Gasteiger partial charge on any atom is 0.170 e. The van der Waals surface area contributed by atoms with Gasteiger partial charge in [-0.05, 0) is 39.1 Å². The first-order chi connectivity index (χ1) is 7.27. The fourth-order valence-electron chi connectivity index (χ4n) is 1.03. The van der Waals surface area contributed by atoms with Gasteiger partial charge < -0.3 is 0 Å². The molecule has 0 aliphatic carbocycles. The van der Waals surface area contributed by atoms with Crippen LogP contribution in [0.4, 0.5) is 4.39 Å². The van der Waals surface area contributed by atoms with E-state index in [-0.39, 0.29) is 5.82 Å². The second-order valence-electron chi connectivity index (χ2n) is 2.71. The highest BCUT2D eigenvalue weighted by Gasteiger charge is 2.06. The molecule has 0 amide bonds. The van der Waals surface area contributed by atoms with E-state index < -0.39 is 0 Å². The molecule has 78 valence electrons. The lowest BCUT2D eigenvalue weighted by molar-refractivity contribution is 0.619. The first-order valence-corrected chi connectivity index (χ1v) is 6.65. The van der Waals surface area contributed by atoms with Crippen molar-refractivity contribution in [2.24, 2.45) is 0 Å². The van der Waals surface area contributed by atoms with Crippen LogP contribution in [0.25, 0.3) is 0 Å². The summed E-state index contributed by atoms with van der Waals surface area (Å²) in [6, 6.07) is 5.03. The van der Waals surface area contributed by atoms with Crippen molar-refractivity contribution in [3.05, 3.63) is 40.4 Å². The lowest BCUT2D eigenvalue weighted by Gasteiger charge is -2.02. The van der Waals surface area contributed by atoms with E-state index in [1.807, 2.05) is 6.07 Å². The van der Waals surface area contributed by atoms with E-state index in [1.165, 1.54) is 23.9 Å². The predicted molar refractivity (Wildman–Crippen MR) is 63.6 cm³/mol. The fraction of sp³-hybridized carbons (Fsp3) is 0.111. The Morgan fingerprint density at radius 2 is 2.33 bits per heavy atom. The predicted octanol–water partition coefficient (Wildman–Crippen LogP) is 3.73. The Labute approximate surface area is 103 Å². The van der Waals surface area contributed by atoms with Gasteiger partial charge >= 0.3 is 0 Å². The number of aromatic nitrogens is 2. The minimum absolute atomic E-state index is 0.231. The van der Waals surface area contributed by atoms with Crippen molar-refractivity contribution in [2.45, 2.75) is 10.1 Å². The Bertz CT molecular complexity index is 447. The Morgan fingerprint density at radius 1 is 1.47 bits per heavy atom. The SMILES string of the molecule is Fc1cccc(CSc2ncns2)c1Br. The molecule has 15 heavy (non-hydrogen) atoms. The van der Waals surface area contributed by atoms with Crippen LogP contribution in [0.3, 0.4) is 0 Å². The zero-order valence-corrected chi connectivity index (χ0v) is 10.7. The van der Waals surface area contributed by atoms with Crippen molar-refractivity contribution in [1.82, 2.24) is 9.36 Å². The average molecular weight is 305 g/mol. The number of hydrogen-bond donors (Lipinski definition) is 0. The zero-order valence-electron chi connectivity index (χ0n) is 7.48. The van der Waals surface area contributed by atoms with Gasteiger partial charge in [0.05, 0.1) is 4.47 Å². The summed E-state index contributed by atoms with van der Waals surface area (Å²) >= 11 is 6.12. The summed E-state index contributed by atoms with van der Waals surface area (Å²) in [5.41, 5.74) is 0.926. The molecule has 6 heteroatoms. The van der Waals surface area contributed by atoms with Crippen molar-refractivity contribution in [1.29, 1.82) is 0 Å². The van der Waals surface area contributed by atoms with Crippen LogP contribution in [0.15, 0.2) is 33.3 Å². The third kappa shape index (κ3) is 2.76. The summed E-state index contributed by atoms with van der Waals surface area (Å²) in [7, 11) is 0. The van der Waals surface area contributed by atoms with Crippen LogP contribution in [-0.4, -0.2) is 9.36 Å². The molecule has 0 atom stereocenters. The number of nitrogens with zero attached hydrogens (tertiary/aromatic N) is 2. The molecule has 2 rings (SSSR count). The Morgan fingerprint density at radius 3 is 3.07 bits per heavy atom. The largest absolute Gasteiger partial charge is 0.216 e. The Hall–Kier alpha value is -0.460. The summed E-state index contributed by atoms with van der Waals surface area (Å²) in [5, 5.41) is 0. The summed E-state index contributed by atoms with van der Waals surface area (Å²) < 4.78 is 18.5. The van der Waals surface area contributed by atoms with Gasteiger partial charge in [0.15, 0.2) is 4.34 Å². The van der Waals surface area contributed by atoms with E-state index in [1.54, 1.807) is 17.8 Å². The van der Waals surface area contributed by atoms with Crippen LogP contribution >= 0.6 is 39.2 Å². The van der Waals surface area contributed by atoms with Crippen molar-refractivity contribution in [3.63, 3.8) is 0 Å². The van der Waals surface area contributed by atoms with Gasteiger partial charge in [-0.15, -0.1) is 0 Å². The van der Waals surface area contributed by atoms with Crippen LogP contribution < -0.4 is 0 Å². The molecule has 0 radical (unpaired) electrons. The van der Waals surface area contributed by atoms with Crippen LogP contribution in [0.5, 0.6) is 0 Å². The molecular weight excluding hydrogens is 299 g/mol. The van der Waals surface area contributed by atoms with Gasteiger partial charge in [0.25, 0.3) is 0 Å². The highest BCUT2D eigenvalue weighted by atomic mass is 79.9. The van der Waals surface area contributed by atoms with E-state index in [4.69, 9.17) is 0 Å². The molecule has 1 aromatic heterocycles. The first kappa shape index (κ1) is 11.0. The third-order valence-electron chi connectivity index (χ3n) is 1.72. The minimum Gasteiger partial charge on any atom is -0.216 e. The Kier molecular flexibility index (Phi) is 3.71. The van der Waals surface area contributed by atoms with Crippen molar-refractivity contribution in [3.8, 4) is 0 Å². The fourth-order valence-corrected chi connectivity index (χ4v) is 3.05. The molecule has 0 saturated carbocycles. The van der Waals surface area contributed by atoms with Crippen LogP contribution in [0, 0.1) is 5.82 Å². The van der Waals surface area contributed by atoms with Crippen LogP contribution in [0.1, 0.15) is 5.56 Å². The van der Waals surface area contributed by atoms with Gasteiger partial charge in [0.1, 0.15) is 12.1 Å². The van der Waals surface area contributed by atoms with Gasteiger partial charge in [-0.2, -0.15) is 4.37 Å². The highest BCUT2D eigenvalue weighted by molar-refractivity contribution is 9.10. The zero-order chi connectivity index (χ0) is 10.7. The highest BCUT2D eigenvalue weighted by Crippen LogP contribution is 2.28.